The van der Waals surface area contributed by atoms with Gasteiger partial charge in [0, 0.05) is 30.2 Å². The Bertz CT molecular complexity index is 1260. The SMILES string of the molecule is CCOc1cc(C(C)(C)O)c2nn(CC(=O)c3cc(OCCCO)cc(C(C)(C)C)c3)c(=N)n2n1. The molecule has 3 rings (SSSR count). The van der Waals surface area contributed by atoms with E-state index in [1.807, 2.05) is 39.8 Å². The molecule has 0 spiro atoms. The predicted octanol–water partition coefficient (Wildman–Crippen LogP) is 2.58. The first-order valence-corrected chi connectivity index (χ1v) is 11.7. The fraction of sp³-hybridized carbons (Fsp3) is 0.520. The Morgan fingerprint density at radius 1 is 1.09 bits per heavy atom. The summed E-state index contributed by atoms with van der Waals surface area (Å²) in [7, 11) is 0. The van der Waals surface area contributed by atoms with Gasteiger partial charge in [-0.1, -0.05) is 20.8 Å². The summed E-state index contributed by atoms with van der Waals surface area (Å²) in [5, 5.41) is 37.0. The molecule has 3 N–H and O–H groups in total. The third-order valence-corrected chi connectivity index (χ3v) is 5.48. The number of aliphatic hydroxyl groups is 2. The van der Waals surface area contributed by atoms with Crippen LogP contribution in [0.15, 0.2) is 24.3 Å². The molecule has 0 radical (unpaired) electrons. The average molecular weight is 486 g/mol. The molecule has 0 saturated heterocycles. The fourth-order valence-corrected chi connectivity index (χ4v) is 3.53. The number of carbonyl (C=O) groups excluding carboxylic acids is 1. The quantitative estimate of drug-likeness (QED) is 0.297. The maximum atomic E-state index is 13.3. The largest absolute Gasteiger partial charge is 0.493 e. The molecule has 0 unspecified atom stereocenters. The van der Waals surface area contributed by atoms with Crippen LogP contribution >= 0.6 is 0 Å². The second-order valence-corrected chi connectivity index (χ2v) is 9.95. The standard InChI is InChI=1S/C25H35N5O5/c1-7-34-21-14-19(25(5,6)33)22-28-29(23(26)30(22)27-21)15-20(32)16-11-17(24(2,3)4)13-18(12-16)35-10-8-9-31/h11-14,26,31,33H,7-10,15H2,1-6H3. The van der Waals surface area contributed by atoms with Crippen molar-refractivity contribution in [3.63, 3.8) is 0 Å². The fourth-order valence-electron chi connectivity index (χ4n) is 3.53. The van der Waals surface area contributed by atoms with Gasteiger partial charge in [-0.25, -0.2) is 4.68 Å². The van der Waals surface area contributed by atoms with Gasteiger partial charge in [-0.2, -0.15) is 4.52 Å². The lowest BCUT2D eigenvalue weighted by atomic mass is 9.85. The van der Waals surface area contributed by atoms with Crippen molar-refractivity contribution in [2.24, 2.45) is 0 Å². The van der Waals surface area contributed by atoms with E-state index in [-0.39, 0.29) is 41.5 Å². The minimum absolute atomic E-state index is 0.0211. The highest BCUT2D eigenvalue weighted by atomic mass is 16.5. The van der Waals surface area contributed by atoms with Crippen LogP contribution < -0.4 is 15.1 Å². The molecule has 0 amide bonds. The summed E-state index contributed by atoms with van der Waals surface area (Å²) in [6, 6.07) is 6.99. The number of nitrogens with one attached hydrogen (secondary N) is 1. The van der Waals surface area contributed by atoms with Gasteiger partial charge in [-0.15, -0.1) is 10.2 Å². The first-order chi connectivity index (χ1) is 16.3. The Hall–Kier alpha value is -3.24. The molecule has 2 heterocycles. The molecule has 3 aromatic rings. The lowest BCUT2D eigenvalue weighted by Crippen LogP contribution is -2.27. The number of hydrogen-bond acceptors (Lipinski definition) is 8. The first kappa shape index (κ1) is 26.4. The minimum atomic E-state index is -1.27. The van der Waals surface area contributed by atoms with Crippen LogP contribution in [0.25, 0.3) is 5.65 Å². The smallest absolute Gasteiger partial charge is 0.242 e. The van der Waals surface area contributed by atoms with Crippen LogP contribution in [0, 0.1) is 5.41 Å². The molecule has 0 aliphatic rings. The van der Waals surface area contributed by atoms with E-state index in [2.05, 4.69) is 10.2 Å². The number of ether oxygens (including phenoxy) is 2. The van der Waals surface area contributed by atoms with Crippen LogP contribution in [0.3, 0.4) is 0 Å². The number of Topliss-reactive ketones (excluding diaryl/α,β-unsaturated/α-hetero) is 1. The van der Waals surface area contributed by atoms with Crippen molar-refractivity contribution >= 4 is 11.4 Å². The van der Waals surface area contributed by atoms with Gasteiger partial charge in [0.1, 0.15) is 12.3 Å². The van der Waals surface area contributed by atoms with E-state index >= 15 is 0 Å². The predicted molar refractivity (Wildman–Crippen MR) is 130 cm³/mol. The van der Waals surface area contributed by atoms with Gasteiger partial charge in [0.25, 0.3) is 0 Å². The van der Waals surface area contributed by atoms with E-state index in [4.69, 9.17) is 20.0 Å². The molecular weight excluding hydrogens is 450 g/mol. The first-order valence-electron chi connectivity index (χ1n) is 11.7. The van der Waals surface area contributed by atoms with Crippen molar-refractivity contribution in [3.8, 4) is 11.6 Å². The number of nitrogens with zero attached hydrogens (tertiary/aromatic N) is 4. The van der Waals surface area contributed by atoms with Crippen molar-refractivity contribution in [1.82, 2.24) is 19.4 Å². The molecule has 0 saturated carbocycles. The van der Waals surface area contributed by atoms with Crippen LogP contribution in [-0.2, 0) is 17.6 Å². The molecule has 0 bridgehead atoms. The highest BCUT2D eigenvalue weighted by Crippen LogP contribution is 2.29. The van der Waals surface area contributed by atoms with Crippen molar-refractivity contribution in [1.29, 1.82) is 5.41 Å². The molecule has 35 heavy (non-hydrogen) atoms. The highest BCUT2D eigenvalue weighted by molar-refractivity contribution is 5.96. The van der Waals surface area contributed by atoms with Gasteiger partial charge < -0.3 is 19.7 Å². The third-order valence-electron chi connectivity index (χ3n) is 5.48. The number of carbonyl (C=O) groups is 1. The molecule has 190 valence electrons. The Kier molecular flexibility index (Phi) is 7.66. The maximum Gasteiger partial charge on any atom is 0.242 e. The van der Waals surface area contributed by atoms with E-state index in [1.165, 1.54) is 9.20 Å². The lowest BCUT2D eigenvalue weighted by molar-refractivity contribution is 0.0789. The van der Waals surface area contributed by atoms with Crippen molar-refractivity contribution in [3.05, 3.63) is 46.6 Å². The molecule has 2 aromatic heterocycles. The van der Waals surface area contributed by atoms with Gasteiger partial charge in [0.2, 0.25) is 11.5 Å². The molecule has 1 aromatic carbocycles. The van der Waals surface area contributed by atoms with Crippen LogP contribution in [0.4, 0.5) is 0 Å². The number of fused-ring (bicyclic) bond motifs is 1. The van der Waals surface area contributed by atoms with Crippen LogP contribution in [0.5, 0.6) is 11.6 Å². The zero-order valence-corrected chi connectivity index (χ0v) is 21.3. The zero-order chi connectivity index (χ0) is 26.0. The minimum Gasteiger partial charge on any atom is -0.493 e. The number of hydrogen-bond donors (Lipinski definition) is 3. The van der Waals surface area contributed by atoms with E-state index in [0.29, 0.717) is 36.5 Å². The second kappa shape index (κ2) is 10.2. The number of aromatic nitrogens is 4. The van der Waals surface area contributed by atoms with Crippen LogP contribution in [0.2, 0.25) is 0 Å². The van der Waals surface area contributed by atoms with Gasteiger partial charge in [0.05, 0.1) is 18.8 Å². The van der Waals surface area contributed by atoms with E-state index in [0.717, 1.165) is 5.56 Å². The summed E-state index contributed by atoms with van der Waals surface area (Å²) in [4.78, 5) is 13.3. The molecule has 10 heteroatoms. The number of benzene rings is 1. The molecule has 0 fully saturated rings. The summed E-state index contributed by atoms with van der Waals surface area (Å²) >= 11 is 0. The summed E-state index contributed by atoms with van der Waals surface area (Å²) in [5.41, 5.74) is 0.472. The van der Waals surface area contributed by atoms with Gasteiger partial charge in [0.15, 0.2) is 11.4 Å². The Morgan fingerprint density at radius 2 is 1.80 bits per heavy atom. The van der Waals surface area contributed by atoms with Crippen LogP contribution in [0.1, 0.15) is 69.4 Å². The van der Waals surface area contributed by atoms with Gasteiger partial charge in [-0.05, 0) is 49.9 Å². The topological polar surface area (TPSA) is 135 Å². The average Bonchev–Trinajstić information content (AvgIpc) is 3.07. The summed E-state index contributed by atoms with van der Waals surface area (Å²) in [5.74, 6) is 0.552. The maximum absolute atomic E-state index is 13.3. The highest BCUT2D eigenvalue weighted by Gasteiger charge is 2.25. The molecule has 10 nitrogen and oxygen atoms in total. The summed E-state index contributed by atoms with van der Waals surface area (Å²) < 4.78 is 13.8. The number of aliphatic hydroxyl groups excluding tert-OH is 1. The Labute approximate surface area is 204 Å². The lowest BCUT2D eigenvalue weighted by Gasteiger charge is -2.21. The van der Waals surface area contributed by atoms with Crippen molar-refractivity contribution in [2.45, 2.75) is 65.5 Å². The summed E-state index contributed by atoms with van der Waals surface area (Å²) in [6.07, 6.45) is 0.489. The van der Waals surface area contributed by atoms with E-state index < -0.39 is 5.60 Å². The van der Waals surface area contributed by atoms with E-state index in [1.54, 1.807) is 26.0 Å². The summed E-state index contributed by atoms with van der Waals surface area (Å²) in [6.45, 7) is 11.7. The zero-order valence-electron chi connectivity index (χ0n) is 21.3. The van der Waals surface area contributed by atoms with Crippen LogP contribution in [-0.4, -0.2) is 55.2 Å². The molecule has 0 atom stereocenters. The third kappa shape index (κ3) is 6.07. The van der Waals surface area contributed by atoms with Gasteiger partial charge >= 0.3 is 0 Å². The number of rotatable bonds is 10. The Morgan fingerprint density at radius 3 is 2.40 bits per heavy atom. The van der Waals surface area contributed by atoms with Crippen molar-refractivity contribution < 1.29 is 24.5 Å². The molecule has 0 aliphatic carbocycles. The number of ketones is 1. The Balaban J connectivity index is 2.02. The molecule has 0 aliphatic heterocycles. The molecular formula is C25H35N5O5. The monoisotopic (exact) mass is 485 g/mol. The second-order valence-electron chi connectivity index (χ2n) is 9.95. The normalized spacial score (nSPS) is 12.2. The van der Waals surface area contributed by atoms with Gasteiger partial charge in [-0.3, -0.25) is 10.2 Å². The van der Waals surface area contributed by atoms with Crippen molar-refractivity contribution in [2.75, 3.05) is 19.8 Å². The van der Waals surface area contributed by atoms with E-state index in [9.17, 15) is 9.90 Å².